The average molecular weight is 534 g/mol. The number of hydrogen-bond acceptors (Lipinski definition) is 9. The van der Waals surface area contributed by atoms with Crippen LogP contribution in [0.3, 0.4) is 0 Å². The Kier molecular flexibility index (Phi) is 8.23. The van der Waals surface area contributed by atoms with Crippen LogP contribution in [0, 0.1) is 0 Å². The van der Waals surface area contributed by atoms with Crippen LogP contribution in [0.5, 0.6) is 5.75 Å². The van der Waals surface area contributed by atoms with Gasteiger partial charge in [0.25, 0.3) is 0 Å². The zero-order valence-corrected chi connectivity index (χ0v) is 21.9. The number of anilines is 2. The van der Waals surface area contributed by atoms with E-state index >= 15 is 0 Å². The van der Waals surface area contributed by atoms with Gasteiger partial charge in [-0.3, -0.25) is 19.2 Å². The molecule has 0 saturated carbocycles. The molecule has 2 unspecified atom stereocenters. The molecule has 2 fully saturated rings. The summed E-state index contributed by atoms with van der Waals surface area (Å²) in [7, 11) is 0. The molecule has 0 bridgehead atoms. The molecule has 3 aliphatic rings. The van der Waals surface area contributed by atoms with Crippen LogP contribution in [0.4, 0.5) is 11.4 Å². The van der Waals surface area contributed by atoms with Crippen molar-refractivity contribution in [1.29, 1.82) is 0 Å². The number of amides is 1. The van der Waals surface area contributed by atoms with Gasteiger partial charge in [-0.05, 0) is 63.4 Å². The highest BCUT2D eigenvalue weighted by Crippen LogP contribution is 2.39. The number of nitrogens with one attached hydrogen (secondary N) is 5. The van der Waals surface area contributed by atoms with Gasteiger partial charge in [0.2, 0.25) is 5.91 Å². The van der Waals surface area contributed by atoms with E-state index in [9.17, 15) is 24.3 Å². The maximum Gasteiger partial charge on any atom is 0.237 e. The molecule has 1 amide bonds. The van der Waals surface area contributed by atoms with Gasteiger partial charge < -0.3 is 31.7 Å². The molecular formula is C29H35N5O5. The van der Waals surface area contributed by atoms with Crippen LogP contribution in [0.25, 0.3) is 0 Å². The van der Waals surface area contributed by atoms with Crippen LogP contribution >= 0.6 is 0 Å². The topological polar surface area (TPSA) is 149 Å². The summed E-state index contributed by atoms with van der Waals surface area (Å²) in [6.45, 7) is 2.88. The third kappa shape index (κ3) is 5.67. The van der Waals surface area contributed by atoms with Gasteiger partial charge in [0.05, 0.1) is 28.8 Å². The Bertz CT molecular complexity index is 1280. The summed E-state index contributed by atoms with van der Waals surface area (Å²) in [4.78, 5) is 51.8. The number of hydrogen-bond donors (Lipinski definition) is 6. The van der Waals surface area contributed by atoms with Crippen molar-refractivity contribution < 1.29 is 24.3 Å². The summed E-state index contributed by atoms with van der Waals surface area (Å²) in [6.07, 6.45) is 4.72. The maximum atomic E-state index is 13.6. The van der Waals surface area contributed by atoms with E-state index in [1.807, 2.05) is 0 Å². The molecule has 10 nitrogen and oxygen atoms in total. The van der Waals surface area contributed by atoms with E-state index in [1.54, 1.807) is 24.3 Å². The fraction of sp³-hybridized carbons (Fsp3) is 0.448. The van der Waals surface area contributed by atoms with Crippen molar-refractivity contribution >= 4 is 34.6 Å². The van der Waals surface area contributed by atoms with Crippen LogP contribution in [0.2, 0.25) is 0 Å². The van der Waals surface area contributed by atoms with E-state index in [4.69, 9.17) is 0 Å². The van der Waals surface area contributed by atoms with E-state index in [-0.39, 0.29) is 57.6 Å². The highest BCUT2D eigenvalue weighted by atomic mass is 16.3. The Hall–Kier alpha value is -3.76. The second-order valence-electron chi connectivity index (χ2n) is 10.3. The van der Waals surface area contributed by atoms with Crippen molar-refractivity contribution in [3.8, 4) is 5.75 Å². The number of phenolic OH excluding ortho intramolecular Hbond substituents is 1. The number of benzene rings is 2. The van der Waals surface area contributed by atoms with Gasteiger partial charge in [-0.15, -0.1) is 0 Å². The molecule has 10 heteroatoms. The van der Waals surface area contributed by atoms with Crippen molar-refractivity contribution in [3.05, 3.63) is 52.6 Å². The Morgan fingerprint density at radius 2 is 1.54 bits per heavy atom. The average Bonchev–Trinajstić information content (AvgIpc) is 3.67. The number of fused-ring (bicyclic) bond motifs is 2. The molecule has 2 atom stereocenters. The second-order valence-corrected chi connectivity index (χ2v) is 10.3. The fourth-order valence-electron chi connectivity index (χ4n) is 5.63. The van der Waals surface area contributed by atoms with Crippen LogP contribution in [0.15, 0.2) is 30.3 Å². The lowest BCUT2D eigenvalue weighted by molar-refractivity contribution is -0.122. The van der Waals surface area contributed by atoms with Gasteiger partial charge in [-0.1, -0.05) is 12.1 Å². The van der Waals surface area contributed by atoms with E-state index < -0.39 is 5.78 Å². The molecule has 0 spiro atoms. The van der Waals surface area contributed by atoms with Crippen molar-refractivity contribution in [2.24, 2.45) is 0 Å². The third-order valence-electron chi connectivity index (χ3n) is 7.65. The minimum Gasteiger partial charge on any atom is -0.507 e. The van der Waals surface area contributed by atoms with Crippen LogP contribution in [-0.2, 0) is 9.59 Å². The molecule has 6 N–H and O–H groups in total. The predicted octanol–water partition coefficient (Wildman–Crippen LogP) is 1.96. The normalized spacial score (nSPS) is 19.9. The van der Waals surface area contributed by atoms with Crippen LogP contribution in [-0.4, -0.2) is 73.2 Å². The van der Waals surface area contributed by atoms with E-state index in [0.29, 0.717) is 43.9 Å². The summed E-state index contributed by atoms with van der Waals surface area (Å²) in [5.74, 6) is -0.908. The maximum absolute atomic E-state index is 13.6. The lowest BCUT2D eigenvalue weighted by Gasteiger charge is -2.24. The Labute approximate surface area is 227 Å². The number of aromatic hydroxyl groups is 1. The molecule has 2 aromatic rings. The number of carbonyl (C=O) groups excluding carboxylic acids is 4. The predicted molar refractivity (Wildman–Crippen MR) is 148 cm³/mol. The molecule has 5 rings (SSSR count). The summed E-state index contributed by atoms with van der Waals surface area (Å²) in [6, 6.07) is 7.80. The number of ketones is 3. The third-order valence-corrected chi connectivity index (χ3v) is 7.65. The zero-order chi connectivity index (χ0) is 27.4. The number of carbonyl (C=O) groups is 4. The van der Waals surface area contributed by atoms with Crippen molar-refractivity contribution in [1.82, 2.24) is 16.0 Å². The zero-order valence-electron chi connectivity index (χ0n) is 21.9. The van der Waals surface area contributed by atoms with E-state index in [0.717, 1.165) is 38.8 Å². The first-order chi connectivity index (χ1) is 19.0. The van der Waals surface area contributed by atoms with E-state index in [2.05, 4.69) is 26.6 Å². The van der Waals surface area contributed by atoms with Gasteiger partial charge in [-0.2, -0.15) is 0 Å². The Morgan fingerprint density at radius 3 is 2.28 bits per heavy atom. The second kappa shape index (κ2) is 12.0. The lowest BCUT2D eigenvalue weighted by atomic mass is 9.81. The Morgan fingerprint density at radius 1 is 0.821 bits per heavy atom. The van der Waals surface area contributed by atoms with Crippen molar-refractivity contribution in [3.63, 3.8) is 0 Å². The summed E-state index contributed by atoms with van der Waals surface area (Å²) in [5.41, 5.74) is 1.51. The van der Waals surface area contributed by atoms with Crippen molar-refractivity contribution in [2.45, 2.75) is 50.6 Å². The summed E-state index contributed by atoms with van der Waals surface area (Å²) >= 11 is 0. The minimum atomic E-state index is -0.435. The molecule has 39 heavy (non-hydrogen) atoms. The Balaban J connectivity index is 1.26. The molecule has 0 radical (unpaired) electrons. The van der Waals surface area contributed by atoms with Gasteiger partial charge in [0.15, 0.2) is 11.6 Å². The van der Waals surface area contributed by atoms with E-state index in [1.165, 1.54) is 6.07 Å². The molecule has 2 aromatic carbocycles. The van der Waals surface area contributed by atoms with Crippen LogP contribution < -0.4 is 26.6 Å². The first-order valence-electron chi connectivity index (χ1n) is 13.8. The first kappa shape index (κ1) is 26.8. The molecule has 2 heterocycles. The largest absolute Gasteiger partial charge is 0.507 e. The van der Waals surface area contributed by atoms with Crippen molar-refractivity contribution in [2.75, 3.05) is 43.4 Å². The fourth-order valence-corrected chi connectivity index (χ4v) is 5.63. The van der Waals surface area contributed by atoms with Crippen LogP contribution in [0.1, 0.15) is 70.4 Å². The molecular weight excluding hydrogens is 498 g/mol. The van der Waals surface area contributed by atoms with Gasteiger partial charge in [0, 0.05) is 43.0 Å². The minimum absolute atomic E-state index is 0.0339. The molecule has 1 aliphatic carbocycles. The van der Waals surface area contributed by atoms with Gasteiger partial charge in [0.1, 0.15) is 11.5 Å². The number of Topliss-reactive ketones (excluding diaryl/α,β-unsaturated/α-hetero) is 1. The number of phenols is 1. The standard InChI is InChI=1S/C29H35N5O5/c35-22(18-7-2-12-30-18)9-4-14-31-19-6-1-5-17-24(19)28(38)26-23(36)11-10-20(25(26)27(17)37)33-15-16-34-29(39)21-8-3-13-32-21/h1,5-6,10-11,18,21,30-33,36H,2-4,7-9,12-16H2,(H,34,39). The van der Waals surface area contributed by atoms with Gasteiger partial charge in [-0.25, -0.2) is 0 Å². The number of rotatable bonds is 11. The first-order valence-corrected chi connectivity index (χ1v) is 13.8. The van der Waals surface area contributed by atoms with Gasteiger partial charge >= 0.3 is 0 Å². The summed E-state index contributed by atoms with van der Waals surface area (Å²) < 4.78 is 0. The summed E-state index contributed by atoms with van der Waals surface area (Å²) in [5, 5.41) is 26.2. The smallest absolute Gasteiger partial charge is 0.237 e. The molecule has 2 saturated heterocycles. The highest BCUT2D eigenvalue weighted by molar-refractivity contribution is 6.32. The monoisotopic (exact) mass is 533 g/mol. The SMILES string of the molecule is O=C1c2c(NCCCC(=O)C3CCCN3)cccc2C(=O)c2c(NCCNC(=O)C3CCCN3)ccc(O)c21. The molecule has 206 valence electrons. The molecule has 2 aliphatic heterocycles. The molecule has 0 aromatic heterocycles. The quantitative estimate of drug-likeness (QED) is 0.161. The lowest BCUT2D eigenvalue weighted by Crippen LogP contribution is -2.42. The highest BCUT2D eigenvalue weighted by Gasteiger charge is 2.36.